The van der Waals surface area contributed by atoms with Crippen LogP contribution in [-0.4, -0.2) is 0 Å². The zero-order valence-electron chi connectivity index (χ0n) is 4.39. The van der Waals surface area contributed by atoms with Crippen molar-refractivity contribution in [3.05, 3.63) is 31.0 Å². The molecule has 0 unspecified atom stereocenters. The van der Waals surface area contributed by atoms with Gasteiger partial charge in [-0.15, -0.1) is 0 Å². The third kappa shape index (κ3) is 22.9. The SMILES string of the molecule is [CH-]=CC=CC.[NH2-].[Ti+2]. The first-order valence-corrected chi connectivity index (χ1v) is 1.58. The van der Waals surface area contributed by atoms with Crippen LogP contribution >= 0.6 is 0 Å². The minimum Gasteiger partial charge on any atom is -0.693 e. The van der Waals surface area contributed by atoms with Crippen molar-refractivity contribution in [2.45, 2.75) is 6.92 Å². The van der Waals surface area contributed by atoms with E-state index in [2.05, 4.69) is 0 Å². The summed E-state index contributed by atoms with van der Waals surface area (Å²) in [4.78, 5) is 0. The molecule has 0 aromatic rings. The quantitative estimate of drug-likeness (QED) is 0.297. The zero-order valence-corrected chi connectivity index (χ0v) is 5.95. The predicted molar refractivity (Wildman–Crippen MR) is 29.0 cm³/mol. The molecule has 0 aromatic carbocycles. The number of rotatable bonds is 1. The molecule has 0 aliphatic heterocycles. The Morgan fingerprint density at radius 3 is 1.86 bits per heavy atom. The summed E-state index contributed by atoms with van der Waals surface area (Å²) in [6, 6.07) is 0. The molecule has 0 amide bonds. The van der Waals surface area contributed by atoms with E-state index in [0.29, 0.717) is 0 Å². The molecule has 0 rings (SSSR count). The molecular weight excluding hydrogens is 122 g/mol. The second-order valence-electron chi connectivity index (χ2n) is 0.718. The van der Waals surface area contributed by atoms with Crippen LogP contribution in [0.3, 0.4) is 0 Å². The maximum Gasteiger partial charge on any atom is 2.00 e. The smallest absolute Gasteiger partial charge is 0.693 e. The van der Waals surface area contributed by atoms with Crippen LogP contribution in [0.5, 0.6) is 0 Å². The van der Waals surface area contributed by atoms with Gasteiger partial charge in [0.25, 0.3) is 0 Å². The number of nitrogens with two attached hydrogens (primary N) is 1. The minimum absolute atomic E-state index is 0. The van der Waals surface area contributed by atoms with E-state index in [1.807, 2.05) is 13.0 Å². The Kier molecular flexibility index (Phi) is 36.9. The first-order chi connectivity index (χ1) is 2.41. The Labute approximate surface area is 60.0 Å². The van der Waals surface area contributed by atoms with Crippen molar-refractivity contribution in [3.8, 4) is 0 Å². The summed E-state index contributed by atoms with van der Waals surface area (Å²) in [5, 5.41) is 0. The third-order valence-corrected chi connectivity index (χ3v) is 0.304. The molecule has 7 heavy (non-hydrogen) atoms. The number of hydrogen-bond donors (Lipinski definition) is 0. The summed E-state index contributed by atoms with van der Waals surface area (Å²) in [6.45, 7) is 6.85. The minimum atomic E-state index is 0. The maximum atomic E-state index is 4.93. The van der Waals surface area contributed by atoms with E-state index < -0.39 is 0 Å². The Morgan fingerprint density at radius 2 is 1.86 bits per heavy atom. The van der Waals surface area contributed by atoms with E-state index in [4.69, 9.17) is 6.58 Å². The van der Waals surface area contributed by atoms with Crippen LogP contribution in [0.4, 0.5) is 0 Å². The van der Waals surface area contributed by atoms with E-state index in [9.17, 15) is 0 Å². The molecule has 1 nitrogen and oxygen atoms in total. The average Bonchev–Trinajstić information content (AvgIpc) is 1.41. The van der Waals surface area contributed by atoms with E-state index in [1.165, 1.54) is 6.08 Å². The predicted octanol–water partition coefficient (Wildman–Crippen LogP) is 2.27. The normalized spacial score (nSPS) is 6.43. The van der Waals surface area contributed by atoms with Gasteiger partial charge in [0.15, 0.2) is 0 Å². The molecule has 0 heterocycles. The maximum absolute atomic E-state index is 4.93. The molecule has 0 atom stereocenters. The van der Waals surface area contributed by atoms with Gasteiger partial charge < -0.3 is 6.15 Å². The zero-order chi connectivity index (χ0) is 4.12. The summed E-state index contributed by atoms with van der Waals surface area (Å²) < 4.78 is 0. The van der Waals surface area contributed by atoms with Crippen molar-refractivity contribution in [1.29, 1.82) is 0 Å². The second kappa shape index (κ2) is 16.4. The van der Waals surface area contributed by atoms with Crippen molar-refractivity contribution < 1.29 is 21.7 Å². The van der Waals surface area contributed by atoms with Gasteiger partial charge in [-0.3, -0.25) is 6.58 Å². The fourth-order valence-electron chi connectivity index (χ4n) is 0.111. The van der Waals surface area contributed by atoms with E-state index >= 15 is 0 Å². The molecule has 0 saturated heterocycles. The van der Waals surface area contributed by atoms with Gasteiger partial charge >= 0.3 is 21.7 Å². The molecule has 2 heteroatoms. The van der Waals surface area contributed by atoms with Crippen LogP contribution in [0.1, 0.15) is 6.92 Å². The Hall–Kier alpha value is 0.154. The van der Waals surface area contributed by atoms with E-state index in [1.54, 1.807) is 6.08 Å². The summed E-state index contributed by atoms with van der Waals surface area (Å²) >= 11 is 0. The van der Waals surface area contributed by atoms with Crippen molar-refractivity contribution >= 4 is 0 Å². The number of hydrogen-bond acceptors (Lipinski definition) is 0. The van der Waals surface area contributed by atoms with Gasteiger partial charge in [0.1, 0.15) is 0 Å². The Balaban J connectivity index is -0.0000000800. The van der Waals surface area contributed by atoms with Gasteiger partial charge in [0, 0.05) is 0 Å². The van der Waals surface area contributed by atoms with Gasteiger partial charge in [-0.05, 0) is 0 Å². The fraction of sp³-hybridized carbons (Fsp3) is 0.200. The molecule has 0 spiro atoms. The Bertz CT molecular complexity index is 50.0. The van der Waals surface area contributed by atoms with Crippen LogP contribution < -0.4 is 0 Å². The van der Waals surface area contributed by atoms with Crippen LogP contribution in [0, 0.1) is 6.58 Å². The topological polar surface area (TPSA) is 33.5 Å². The van der Waals surface area contributed by atoms with Gasteiger partial charge in [0.05, 0.1) is 0 Å². The van der Waals surface area contributed by atoms with Crippen LogP contribution in [-0.2, 0) is 21.7 Å². The summed E-state index contributed by atoms with van der Waals surface area (Å²) in [6.07, 6.45) is 5.15. The Morgan fingerprint density at radius 1 is 1.43 bits per heavy atom. The molecule has 0 aromatic heterocycles. The molecule has 0 radical (unpaired) electrons. The molecule has 0 saturated carbocycles. The monoisotopic (exact) mass is 131 g/mol. The van der Waals surface area contributed by atoms with Crippen molar-refractivity contribution in [2.75, 3.05) is 0 Å². The van der Waals surface area contributed by atoms with Gasteiger partial charge in [-0.25, -0.2) is 12.2 Å². The third-order valence-electron chi connectivity index (χ3n) is 0.304. The molecule has 0 aliphatic rings. The first kappa shape index (κ1) is 15.7. The van der Waals surface area contributed by atoms with Crippen LogP contribution in [0.15, 0.2) is 18.2 Å². The molecule has 2 N–H and O–H groups in total. The molecule has 0 bridgehead atoms. The van der Waals surface area contributed by atoms with Gasteiger partial charge in [-0.2, -0.15) is 6.08 Å². The number of allylic oxidation sites excluding steroid dienone is 3. The van der Waals surface area contributed by atoms with Crippen LogP contribution in [0.2, 0.25) is 0 Å². The summed E-state index contributed by atoms with van der Waals surface area (Å²) in [7, 11) is 0. The molecular formula is C5H9NTi. The van der Waals surface area contributed by atoms with Crippen molar-refractivity contribution in [3.63, 3.8) is 0 Å². The summed E-state index contributed by atoms with van der Waals surface area (Å²) in [5.74, 6) is 0. The second-order valence-corrected chi connectivity index (χ2v) is 0.718. The molecule has 38 valence electrons. The fourth-order valence-corrected chi connectivity index (χ4v) is 0.111. The summed E-state index contributed by atoms with van der Waals surface area (Å²) in [5.41, 5.74) is 0. The van der Waals surface area contributed by atoms with Gasteiger partial charge in [-0.1, -0.05) is 6.92 Å². The first-order valence-electron chi connectivity index (χ1n) is 1.58. The van der Waals surface area contributed by atoms with Gasteiger partial charge in [0.2, 0.25) is 0 Å². The van der Waals surface area contributed by atoms with E-state index in [-0.39, 0.29) is 27.9 Å². The van der Waals surface area contributed by atoms with E-state index in [0.717, 1.165) is 0 Å². The standard InChI is InChI=1S/C5H7.H2N.Ti/c1-3-5-4-2;;/h1,3-5H,2H3;1H2;/q2*-1;+2. The largest absolute Gasteiger partial charge is 2.00 e. The van der Waals surface area contributed by atoms with Crippen LogP contribution in [0.25, 0.3) is 6.15 Å². The molecule has 0 fully saturated rings. The molecule has 0 aliphatic carbocycles. The average molecular weight is 131 g/mol. The van der Waals surface area contributed by atoms with Crippen molar-refractivity contribution in [1.82, 2.24) is 0 Å². The van der Waals surface area contributed by atoms with Crippen molar-refractivity contribution in [2.24, 2.45) is 0 Å².